The molecule has 1 N–H and O–H groups in total. The molecule has 2 aromatic rings. The van der Waals surface area contributed by atoms with E-state index >= 15 is 0 Å². The molecule has 2 saturated heterocycles. The van der Waals surface area contributed by atoms with E-state index in [1.165, 1.54) is 11.0 Å². The minimum Gasteiger partial charge on any atom is -0.340 e. The number of carbonyl (C=O) groups is 2. The minimum atomic E-state index is -3.91. The number of hydrogen-bond acceptors (Lipinski definition) is 4. The van der Waals surface area contributed by atoms with Gasteiger partial charge in [-0.15, -0.1) is 0 Å². The maximum absolute atomic E-state index is 13.1. The predicted molar refractivity (Wildman–Crippen MR) is 128 cm³/mol. The first-order valence-electron chi connectivity index (χ1n) is 11.3. The monoisotopic (exact) mass is 491 g/mol. The van der Waals surface area contributed by atoms with Crippen molar-refractivity contribution in [3.63, 3.8) is 0 Å². The lowest BCUT2D eigenvalue weighted by Crippen LogP contribution is -2.53. The van der Waals surface area contributed by atoms with E-state index in [2.05, 4.69) is 18.6 Å². The number of nitrogens with zero attached hydrogens (tertiary/aromatic N) is 2. The predicted octanol–water partition coefficient (Wildman–Crippen LogP) is 3.41. The van der Waals surface area contributed by atoms with Crippen LogP contribution in [-0.2, 0) is 19.6 Å². The van der Waals surface area contributed by atoms with Crippen LogP contribution < -0.4 is 4.72 Å². The largest absolute Gasteiger partial charge is 0.340 e. The van der Waals surface area contributed by atoms with Crippen LogP contribution in [-0.4, -0.2) is 61.7 Å². The van der Waals surface area contributed by atoms with E-state index in [1.54, 1.807) is 37.3 Å². The molecule has 2 aromatic carbocycles. The molecule has 0 aromatic heterocycles. The van der Waals surface area contributed by atoms with Crippen molar-refractivity contribution in [2.24, 2.45) is 5.41 Å². The van der Waals surface area contributed by atoms with E-state index in [-0.39, 0.29) is 22.1 Å². The SMILES string of the molecule is C[C@@H](C(=O)N1CCCC(C)(C)C1)N1CCC(NS(=O)(=O)c2ccc3cc(Cl)ccc3c2)C1=O. The summed E-state index contributed by atoms with van der Waals surface area (Å²) in [6, 6.07) is 8.48. The Hall–Kier alpha value is -2.16. The van der Waals surface area contributed by atoms with Crippen molar-refractivity contribution in [3.05, 3.63) is 41.4 Å². The molecule has 2 atom stereocenters. The Bertz CT molecular complexity index is 1200. The summed E-state index contributed by atoms with van der Waals surface area (Å²) in [6.45, 7) is 7.72. The molecule has 4 rings (SSSR count). The standard InChI is InChI=1S/C24H30ClN3O4S/c1-16(22(29)27-11-4-10-24(2,3)15-27)28-12-9-21(23(28)30)26-33(31,32)20-8-6-17-13-19(25)7-5-18(17)14-20/h5-8,13-14,16,21,26H,4,9-12,15H2,1-3H3/t16-,21?/m0/s1. The average Bonchev–Trinajstić information content (AvgIpc) is 3.11. The van der Waals surface area contributed by atoms with Crippen LogP contribution in [0.4, 0.5) is 0 Å². The number of amides is 2. The molecule has 1 unspecified atom stereocenters. The zero-order valence-electron chi connectivity index (χ0n) is 19.2. The lowest BCUT2D eigenvalue weighted by molar-refractivity contribution is -0.145. The summed E-state index contributed by atoms with van der Waals surface area (Å²) in [7, 11) is -3.91. The van der Waals surface area contributed by atoms with Gasteiger partial charge in [-0.25, -0.2) is 8.42 Å². The summed E-state index contributed by atoms with van der Waals surface area (Å²) < 4.78 is 28.5. The van der Waals surface area contributed by atoms with Crippen molar-refractivity contribution in [3.8, 4) is 0 Å². The fraction of sp³-hybridized carbons (Fsp3) is 0.500. The van der Waals surface area contributed by atoms with Gasteiger partial charge < -0.3 is 9.80 Å². The van der Waals surface area contributed by atoms with Crippen molar-refractivity contribution in [2.45, 2.75) is 57.0 Å². The third kappa shape index (κ3) is 5.03. The van der Waals surface area contributed by atoms with Crippen molar-refractivity contribution >= 4 is 44.2 Å². The molecule has 2 aliphatic rings. The molecule has 0 spiro atoms. The molecule has 0 radical (unpaired) electrons. The van der Waals surface area contributed by atoms with E-state index in [1.807, 2.05) is 4.90 Å². The highest BCUT2D eigenvalue weighted by molar-refractivity contribution is 7.89. The number of nitrogens with one attached hydrogen (secondary N) is 1. The summed E-state index contributed by atoms with van der Waals surface area (Å²) in [6.07, 6.45) is 2.34. The first-order valence-corrected chi connectivity index (χ1v) is 13.1. The fourth-order valence-electron chi connectivity index (χ4n) is 4.82. The van der Waals surface area contributed by atoms with Crippen molar-refractivity contribution in [2.75, 3.05) is 19.6 Å². The summed E-state index contributed by atoms with van der Waals surface area (Å²) >= 11 is 6.00. The molecular formula is C24H30ClN3O4S. The van der Waals surface area contributed by atoms with Gasteiger partial charge in [0, 0.05) is 24.7 Å². The lowest BCUT2D eigenvalue weighted by atomic mass is 9.84. The van der Waals surface area contributed by atoms with Gasteiger partial charge in [0.1, 0.15) is 12.1 Å². The number of fused-ring (bicyclic) bond motifs is 1. The summed E-state index contributed by atoms with van der Waals surface area (Å²) in [4.78, 5) is 29.5. The van der Waals surface area contributed by atoms with Gasteiger partial charge in [-0.1, -0.05) is 37.6 Å². The molecule has 7 nitrogen and oxygen atoms in total. The Labute approximate surface area is 200 Å². The zero-order chi connectivity index (χ0) is 24.0. The van der Waals surface area contributed by atoms with Gasteiger partial charge in [0.25, 0.3) is 0 Å². The highest BCUT2D eigenvalue weighted by atomic mass is 35.5. The van der Waals surface area contributed by atoms with Crippen molar-refractivity contribution in [1.29, 1.82) is 0 Å². The normalized spacial score (nSPS) is 22.1. The number of piperidine rings is 1. The van der Waals surface area contributed by atoms with E-state index < -0.39 is 22.1 Å². The summed E-state index contributed by atoms with van der Waals surface area (Å²) in [5.74, 6) is -0.434. The molecule has 9 heteroatoms. The van der Waals surface area contributed by atoms with Crippen LogP contribution in [0.1, 0.15) is 40.0 Å². The van der Waals surface area contributed by atoms with Crippen LogP contribution in [0.2, 0.25) is 5.02 Å². The third-order valence-corrected chi connectivity index (χ3v) is 8.36. The van der Waals surface area contributed by atoms with Gasteiger partial charge in [0.15, 0.2) is 0 Å². The molecule has 2 heterocycles. The third-order valence-electron chi connectivity index (χ3n) is 6.66. The molecule has 178 valence electrons. The number of halogens is 1. The second kappa shape index (κ2) is 8.89. The van der Waals surface area contributed by atoms with E-state index in [0.717, 1.165) is 23.6 Å². The van der Waals surface area contributed by atoms with Crippen LogP contribution in [0.3, 0.4) is 0 Å². The Balaban J connectivity index is 1.45. The quantitative estimate of drug-likeness (QED) is 0.694. The number of sulfonamides is 1. The molecule has 2 amide bonds. The fourth-order valence-corrected chi connectivity index (χ4v) is 6.26. The Kier molecular flexibility index (Phi) is 6.46. The van der Waals surface area contributed by atoms with Gasteiger partial charge >= 0.3 is 0 Å². The number of rotatable bonds is 5. The van der Waals surface area contributed by atoms with Gasteiger partial charge in [0.2, 0.25) is 21.8 Å². The first-order chi connectivity index (χ1) is 15.5. The second-order valence-corrected chi connectivity index (χ2v) is 12.0. The number of benzene rings is 2. The molecule has 0 bridgehead atoms. The Morgan fingerprint density at radius 3 is 2.58 bits per heavy atom. The smallest absolute Gasteiger partial charge is 0.245 e. The van der Waals surface area contributed by atoms with Crippen LogP contribution >= 0.6 is 11.6 Å². The summed E-state index contributed by atoms with van der Waals surface area (Å²) in [5.41, 5.74) is 0.0615. The van der Waals surface area contributed by atoms with Crippen molar-refractivity contribution in [1.82, 2.24) is 14.5 Å². The van der Waals surface area contributed by atoms with Gasteiger partial charge in [0.05, 0.1) is 4.90 Å². The van der Waals surface area contributed by atoms with E-state index in [9.17, 15) is 18.0 Å². The van der Waals surface area contributed by atoms with Crippen LogP contribution in [0.15, 0.2) is 41.3 Å². The second-order valence-electron chi connectivity index (χ2n) is 9.85. The molecular weight excluding hydrogens is 462 g/mol. The zero-order valence-corrected chi connectivity index (χ0v) is 20.7. The van der Waals surface area contributed by atoms with Gasteiger partial charge in [-0.2, -0.15) is 4.72 Å². The Morgan fingerprint density at radius 2 is 1.85 bits per heavy atom. The summed E-state index contributed by atoms with van der Waals surface area (Å²) in [5, 5.41) is 2.15. The molecule has 2 aliphatic heterocycles. The van der Waals surface area contributed by atoms with Crippen LogP contribution in [0.5, 0.6) is 0 Å². The van der Waals surface area contributed by atoms with Gasteiger partial charge in [-0.05, 0) is 66.6 Å². The molecule has 2 fully saturated rings. The topological polar surface area (TPSA) is 86.8 Å². The van der Waals surface area contributed by atoms with Crippen molar-refractivity contribution < 1.29 is 18.0 Å². The number of carbonyl (C=O) groups excluding carboxylic acids is 2. The van der Waals surface area contributed by atoms with E-state index in [0.29, 0.717) is 31.1 Å². The van der Waals surface area contributed by atoms with Crippen LogP contribution in [0.25, 0.3) is 10.8 Å². The minimum absolute atomic E-state index is 0.0615. The first kappa shape index (κ1) is 24.0. The van der Waals surface area contributed by atoms with Crippen LogP contribution in [0, 0.1) is 5.41 Å². The molecule has 0 saturated carbocycles. The highest BCUT2D eigenvalue weighted by Crippen LogP contribution is 2.30. The highest BCUT2D eigenvalue weighted by Gasteiger charge is 2.41. The number of likely N-dealkylation sites (tertiary alicyclic amines) is 2. The average molecular weight is 492 g/mol. The molecule has 33 heavy (non-hydrogen) atoms. The number of hydrogen-bond donors (Lipinski definition) is 1. The van der Waals surface area contributed by atoms with E-state index in [4.69, 9.17) is 11.6 Å². The maximum Gasteiger partial charge on any atom is 0.245 e. The molecule has 0 aliphatic carbocycles. The maximum atomic E-state index is 13.1. The Morgan fingerprint density at radius 1 is 1.15 bits per heavy atom. The van der Waals surface area contributed by atoms with Gasteiger partial charge in [-0.3, -0.25) is 9.59 Å². The lowest BCUT2D eigenvalue weighted by Gasteiger charge is -2.40.